The summed E-state index contributed by atoms with van der Waals surface area (Å²) in [6.45, 7) is 13.0. The average Bonchev–Trinajstić information content (AvgIpc) is 2.96. The second-order valence-corrected chi connectivity index (χ2v) is 7.15. The van der Waals surface area contributed by atoms with E-state index in [4.69, 9.17) is 14.5 Å². The Morgan fingerprint density at radius 3 is 2.52 bits per heavy atom. The molecule has 27 heavy (non-hydrogen) atoms. The maximum absolute atomic E-state index is 5.58. The highest BCUT2D eigenvalue weighted by molar-refractivity contribution is 5.87. The van der Waals surface area contributed by atoms with Gasteiger partial charge in [-0.3, -0.25) is 0 Å². The van der Waals surface area contributed by atoms with Gasteiger partial charge in [-0.25, -0.2) is 9.97 Å². The van der Waals surface area contributed by atoms with Gasteiger partial charge in [0.15, 0.2) is 0 Å². The van der Waals surface area contributed by atoms with E-state index in [0.29, 0.717) is 18.4 Å². The van der Waals surface area contributed by atoms with Crippen LogP contribution in [0.1, 0.15) is 36.6 Å². The molecule has 0 aliphatic carbocycles. The number of aromatic nitrogens is 3. The molecule has 3 aromatic rings. The summed E-state index contributed by atoms with van der Waals surface area (Å²) in [4.78, 5) is 9.64. The van der Waals surface area contributed by atoms with Gasteiger partial charge in [0.05, 0.1) is 36.0 Å². The molecule has 0 N–H and O–H groups in total. The number of nitrogens with zero attached hydrogens (tertiary/aromatic N) is 3. The van der Waals surface area contributed by atoms with E-state index in [9.17, 15) is 0 Å². The zero-order valence-corrected chi connectivity index (χ0v) is 17.0. The number of methoxy groups -OCH3 is 2. The van der Waals surface area contributed by atoms with Gasteiger partial charge < -0.3 is 14.0 Å². The molecule has 0 amide bonds. The van der Waals surface area contributed by atoms with Crippen molar-refractivity contribution in [1.29, 1.82) is 0 Å². The van der Waals surface area contributed by atoms with Crippen molar-refractivity contribution in [3.63, 3.8) is 0 Å². The summed E-state index contributed by atoms with van der Waals surface area (Å²) in [5.74, 6) is 0.949. The fourth-order valence-electron chi connectivity index (χ4n) is 3.28. The lowest BCUT2D eigenvalue weighted by molar-refractivity contribution is 0.236. The minimum Gasteiger partial charge on any atom is -0.480 e. The summed E-state index contributed by atoms with van der Waals surface area (Å²) in [6, 6.07) is 6.24. The topological polar surface area (TPSA) is 49.2 Å². The van der Waals surface area contributed by atoms with Crippen molar-refractivity contribution in [3.8, 4) is 17.1 Å². The molecule has 3 heterocycles. The van der Waals surface area contributed by atoms with E-state index in [1.165, 1.54) is 0 Å². The van der Waals surface area contributed by atoms with E-state index < -0.39 is 0 Å². The number of fused-ring (bicyclic) bond motifs is 1. The second kappa shape index (κ2) is 7.53. The van der Waals surface area contributed by atoms with Gasteiger partial charge in [-0.05, 0) is 49.1 Å². The highest BCUT2D eigenvalue weighted by Gasteiger charge is 2.17. The molecular weight excluding hydrogens is 338 g/mol. The molecule has 0 bridgehead atoms. The summed E-state index contributed by atoms with van der Waals surface area (Å²) >= 11 is 0. The summed E-state index contributed by atoms with van der Waals surface area (Å²) in [5, 5.41) is 0. The fourth-order valence-corrected chi connectivity index (χ4v) is 3.28. The number of pyridine rings is 2. The first kappa shape index (κ1) is 19.1. The van der Waals surface area contributed by atoms with Crippen molar-refractivity contribution in [2.24, 2.45) is 0 Å². The van der Waals surface area contributed by atoms with Crippen LogP contribution in [0.5, 0.6) is 5.88 Å². The number of hydrogen-bond donors (Lipinski definition) is 0. The Morgan fingerprint density at radius 2 is 1.89 bits per heavy atom. The van der Waals surface area contributed by atoms with Crippen LogP contribution in [0.3, 0.4) is 0 Å². The van der Waals surface area contributed by atoms with Crippen molar-refractivity contribution >= 4 is 16.7 Å². The monoisotopic (exact) mass is 365 g/mol. The first-order valence-electron chi connectivity index (χ1n) is 9.09. The van der Waals surface area contributed by atoms with Crippen molar-refractivity contribution in [2.45, 2.75) is 33.6 Å². The zero-order chi connectivity index (χ0) is 19.7. The van der Waals surface area contributed by atoms with Crippen LogP contribution in [0.15, 0.2) is 31.0 Å². The Labute approximate surface area is 160 Å². The lowest BCUT2D eigenvalue weighted by atomic mass is 10.0. The summed E-state index contributed by atoms with van der Waals surface area (Å²) in [7, 11) is 3.33. The molecule has 5 nitrogen and oxygen atoms in total. The van der Waals surface area contributed by atoms with Gasteiger partial charge in [0.1, 0.15) is 0 Å². The maximum atomic E-state index is 5.58. The predicted octanol–water partition coefficient (Wildman–Crippen LogP) is 4.96. The first-order chi connectivity index (χ1) is 12.9. The van der Waals surface area contributed by atoms with Gasteiger partial charge in [0.25, 0.3) is 0 Å². The summed E-state index contributed by atoms with van der Waals surface area (Å²) < 4.78 is 12.9. The van der Waals surface area contributed by atoms with Crippen LogP contribution < -0.4 is 4.74 Å². The molecule has 0 aliphatic rings. The van der Waals surface area contributed by atoms with Crippen LogP contribution in [-0.4, -0.2) is 35.4 Å². The molecule has 3 aromatic heterocycles. The number of aryl methyl sites for hydroxylation is 2. The normalized spacial score (nSPS) is 11.4. The lowest BCUT2D eigenvalue weighted by Crippen LogP contribution is -2.02. The minimum absolute atomic E-state index is 0.340. The van der Waals surface area contributed by atoms with Crippen LogP contribution in [0, 0.1) is 13.8 Å². The molecule has 142 valence electrons. The van der Waals surface area contributed by atoms with E-state index in [1.54, 1.807) is 14.2 Å². The van der Waals surface area contributed by atoms with E-state index >= 15 is 0 Å². The van der Waals surface area contributed by atoms with Crippen molar-refractivity contribution < 1.29 is 9.47 Å². The summed E-state index contributed by atoms with van der Waals surface area (Å²) in [6.07, 6.45) is 2.06. The third-order valence-electron chi connectivity index (χ3n) is 4.72. The summed E-state index contributed by atoms with van der Waals surface area (Å²) in [5.41, 5.74) is 7.81. The third-order valence-corrected chi connectivity index (χ3v) is 4.72. The van der Waals surface area contributed by atoms with Crippen LogP contribution in [0.4, 0.5) is 0 Å². The Bertz CT molecular complexity index is 1000. The highest BCUT2D eigenvalue weighted by atomic mass is 16.5. The molecule has 0 spiro atoms. The number of ether oxygens (including phenoxy) is 2. The van der Waals surface area contributed by atoms with Gasteiger partial charge in [0, 0.05) is 24.7 Å². The molecule has 0 unspecified atom stereocenters. The Balaban J connectivity index is 2.18. The third kappa shape index (κ3) is 3.47. The van der Waals surface area contributed by atoms with Crippen molar-refractivity contribution in [2.75, 3.05) is 20.8 Å². The van der Waals surface area contributed by atoms with Crippen molar-refractivity contribution in [3.05, 3.63) is 47.8 Å². The highest BCUT2D eigenvalue weighted by Crippen LogP contribution is 2.34. The predicted molar refractivity (Wildman–Crippen MR) is 110 cm³/mol. The molecule has 0 saturated carbocycles. The molecule has 0 aromatic carbocycles. The quantitative estimate of drug-likeness (QED) is 0.619. The van der Waals surface area contributed by atoms with Gasteiger partial charge in [-0.1, -0.05) is 20.4 Å². The number of rotatable bonds is 6. The largest absolute Gasteiger partial charge is 0.480 e. The lowest BCUT2D eigenvalue weighted by Gasteiger charge is -2.14. The second-order valence-electron chi connectivity index (χ2n) is 7.15. The van der Waals surface area contributed by atoms with Crippen LogP contribution >= 0.6 is 0 Å². The molecule has 0 aliphatic heterocycles. The standard InChI is InChI=1S/C22H27N3O2/c1-13(2)18-9-8-17(22(23-18)27-7)20-14(3)10-19-21(24-20)15(4)11-25(19)16(5)12-26-6/h8-11,13H,5,12H2,1-4,6-7H3. The Kier molecular flexibility index (Phi) is 5.33. The van der Waals surface area contributed by atoms with Gasteiger partial charge in [0.2, 0.25) is 5.88 Å². The fraction of sp³-hybridized carbons (Fsp3) is 0.364. The molecule has 3 rings (SSSR count). The SMILES string of the molecule is C=C(COC)n1cc(C)c2nc(-c3ccc(C(C)C)nc3OC)c(C)cc21. The minimum atomic E-state index is 0.340. The van der Waals surface area contributed by atoms with Gasteiger partial charge in [-0.2, -0.15) is 0 Å². The molecule has 0 fully saturated rings. The molecule has 0 atom stereocenters. The maximum Gasteiger partial charge on any atom is 0.222 e. The van der Waals surface area contributed by atoms with Crippen LogP contribution in [0.2, 0.25) is 0 Å². The van der Waals surface area contributed by atoms with Crippen LogP contribution in [0.25, 0.3) is 28.0 Å². The zero-order valence-electron chi connectivity index (χ0n) is 17.0. The Hall–Kier alpha value is -2.66. The van der Waals surface area contributed by atoms with E-state index in [1.807, 2.05) is 6.07 Å². The van der Waals surface area contributed by atoms with E-state index in [-0.39, 0.29) is 0 Å². The number of hydrogen-bond acceptors (Lipinski definition) is 4. The molecule has 0 radical (unpaired) electrons. The first-order valence-corrected chi connectivity index (χ1v) is 9.09. The van der Waals surface area contributed by atoms with Gasteiger partial charge >= 0.3 is 0 Å². The molecule has 0 saturated heterocycles. The molecule has 5 heteroatoms. The Morgan fingerprint density at radius 1 is 1.15 bits per heavy atom. The van der Waals surface area contributed by atoms with E-state index in [0.717, 1.165) is 44.8 Å². The van der Waals surface area contributed by atoms with Gasteiger partial charge in [-0.15, -0.1) is 0 Å². The van der Waals surface area contributed by atoms with E-state index in [2.05, 4.69) is 62.2 Å². The van der Waals surface area contributed by atoms with Crippen LogP contribution in [-0.2, 0) is 4.74 Å². The smallest absolute Gasteiger partial charge is 0.222 e. The average molecular weight is 365 g/mol. The molecular formula is C22H27N3O2. The van der Waals surface area contributed by atoms with Crippen molar-refractivity contribution in [1.82, 2.24) is 14.5 Å².